The second-order valence-electron chi connectivity index (χ2n) is 6.92. The minimum absolute atomic E-state index is 0.164. The normalized spacial score (nSPS) is 10.8. The lowest BCUT2D eigenvalue weighted by atomic mass is 10.1. The van der Waals surface area contributed by atoms with Crippen LogP contribution in [0.4, 0.5) is 5.69 Å². The molecular formula is C22H20BrN5O. The largest absolute Gasteiger partial charge is 0.319 e. The zero-order valence-corrected chi connectivity index (χ0v) is 17.5. The van der Waals surface area contributed by atoms with Crippen molar-refractivity contribution in [1.29, 1.82) is 0 Å². The Bertz CT molecular complexity index is 1130. The van der Waals surface area contributed by atoms with Crippen LogP contribution in [-0.4, -0.2) is 25.5 Å². The van der Waals surface area contributed by atoms with Gasteiger partial charge in [-0.15, -0.1) is 0 Å². The van der Waals surface area contributed by atoms with Crippen molar-refractivity contribution >= 4 is 27.5 Å². The third kappa shape index (κ3) is 5.00. The number of benzene rings is 2. The van der Waals surface area contributed by atoms with Gasteiger partial charge in [0.15, 0.2) is 0 Å². The number of nitrogens with one attached hydrogen (secondary N) is 1. The summed E-state index contributed by atoms with van der Waals surface area (Å²) in [5, 5.41) is 11.5. The van der Waals surface area contributed by atoms with Crippen molar-refractivity contribution in [2.45, 2.75) is 20.0 Å². The van der Waals surface area contributed by atoms with Crippen molar-refractivity contribution in [2.24, 2.45) is 0 Å². The van der Waals surface area contributed by atoms with Gasteiger partial charge in [0.05, 0.1) is 35.6 Å². The number of halogens is 1. The standard InChI is InChI=1S/C22H20BrN5O/c1-16-5-7-17(8-6-16)12-28-15-21(11-25-28)26-22(29)19-4-2-3-18(9-19)13-27-14-20(23)10-24-27/h2-11,14-15H,12-13H2,1H3,(H,26,29). The fourth-order valence-corrected chi connectivity index (χ4v) is 3.35. The van der Waals surface area contributed by atoms with Crippen LogP contribution in [0.25, 0.3) is 0 Å². The number of rotatable bonds is 6. The molecule has 6 nitrogen and oxygen atoms in total. The van der Waals surface area contributed by atoms with Crippen molar-refractivity contribution in [2.75, 3.05) is 5.32 Å². The Kier molecular flexibility index (Phi) is 5.57. The lowest BCUT2D eigenvalue weighted by Crippen LogP contribution is -2.12. The van der Waals surface area contributed by atoms with Crippen molar-refractivity contribution in [3.8, 4) is 0 Å². The zero-order chi connectivity index (χ0) is 20.2. The summed E-state index contributed by atoms with van der Waals surface area (Å²) in [7, 11) is 0. The van der Waals surface area contributed by atoms with Gasteiger partial charge in [-0.3, -0.25) is 14.2 Å². The van der Waals surface area contributed by atoms with Crippen LogP contribution < -0.4 is 5.32 Å². The average Bonchev–Trinajstić information content (AvgIpc) is 3.32. The third-order valence-corrected chi connectivity index (χ3v) is 4.90. The van der Waals surface area contributed by atoms with Crippen LogP contribution in [0.3, 0.4) is 0 Å². The maximum atomic E-state index is 12.6. The van der Waals surface area contributed by atoms with Gasteiger partial charge in [0.2, 0.25) is 0 Å². The van der Waals surface area contributed by atoms with Gasteiger partial charge in [-0.1, -0.05) is 42.0 Å². The Morgan fingerprint density at radius 1 is 0.966 bits per heavy atom. The van der Waals surface area contributed by atoms with E-state index in [0.29, 0.717) is 24.3 Å². The summed E-state index contributed by atoms with van der Waals surface area (Å²) in [4.78, 5) is 12.6. The van der Waals surface area contributed by atoms with Crippen molar-refractivity contribution in [3.05, 3.63) is 100 Å². The minimum atomic E-state index is -0.164. The topological polar surface area (TPSA) is 64.7 Å². The molecular weight excluding hydrogens is 430 g/mol. The van der Waals surface area contributed by atoms with Gasteiger partial charge in [0, 0.05) is 18.0 Å². The van der Waals surface area contributed by atoms with Gasteiger partial charge in [-0.25, -0.2) is 0 Å². The van der Waals surface area contributed by atoms with E-state index in [1.165, 1.54) is 5.56 Å². The predicted octanol–water partition coefficient (Wildman–Crippen LogP) is 4.50. The molecule has 2 aromatic carbocycles. The second kappa shape index (κ2) is 8.45. The van der Waals surface area contributed by atoms with E-state index < -0.39 is 0 Å². The van der Waals surface area contributed by atoms with E-state index in [9.17, 15) is 4.79 Å². The van der Waals surface area contributed by atoms with Crippen molar-refractivity contribution in [1.82, 2.24) is 19.6 Å². The maximum absolute atomic E-state index is 12.6. The molecule has 0 fully saturated rings. The van der Waals surface area contributed by atoms with Crippen LogP contribution in [0.2, 0.25) is 0 Å². The maximum Gasteiger partial charge on any atom is 0.255 e. The number of carbonyl (C=O) groups excluding carboxylic acids is 1. The van der Waals surface area contributed by atoms with E-state index in [0.717, 1.165) is 15.6 Å². The fourth-order valence-electron chi connectivity index (χ4n) is 3.02. The summed E-state index contributed by atoms with van der Waals surface area (Å²) in [5.74, 6) is -0.164. The Labute approximate surface area is 177 Å². The summed E-state index contributed by atoms with van der Waals surface area (Å²) >= 11 is 3.39. The molecule has 0 aliphatic heterocycles. The molecule has 0 atom stereocenters. The molecule has 7 heteroatoms. The molecule has 146 valence electrons. The van der Waals surface area contributed by atoms with E-state index >= 15 is 0 Å². The van der Waals surface area contributed by atoms with Gasteiger partial charge in [-0.05, 0) is 46.1 Å². The van der Waals surface area contributed by atoms with Crippen molar-refractivity contribution < 1.29 is 4.79 Å². The van der Waals surface area contributed by atoms with E-state index in [1.54, 1.807) is 18.5 Å². The van der Waals surface area contributed by atoms with Crippen LogP contribution in [0, 0.1) is 6.92 Å². The summed E-state index contributed by atoms with van der Waals surface area (Å²) < 4.78 is 4.55. The van der Waals surface area contributed by atoms with Crippen LogP contribution in [0.5, 0.6) is 0 Å². The lowest BCUT2D eigenvalue weighted by Gasteiger charge is -2.06. The zero-order valence-electron chi connectivity index (χ0n) is 15.9. The van der Waals surface area contributed by atoms with Gasteiger partial charge in [-0.2, -0.15) is 10.2 Å². The molecule has 1 N–H and O–H groups in total. The van der Waals surface area contributed by atoms with Gasteiger partial charge in [0.1, 0.15) is 0 Å². The summed E-state index contributed by atoms with van der Waals surface area (Å²) in [5.41, 5.74) is 4.66. The van der Waals surface area contributed by atoms with Crippen LogP contribution in [0.15, 0.2) is 77.8 Å². The fraction of sp³-hybridized carbons (Fsp3) is 0.136. The number of aromatic nitrogens is 4. The number of carbonyl (C=O) groups is 1. The molecule has 0 spiro atoms. The molecule has 0 saturated heterocycles. The number of hydrogen-bond donors (Lipinski definition) is 1. The third-order valence-electron chi connectivity index (χ3n) is 4.49. The molecule has 0 radical (unpaired) electrons. The first kappa shape index (κ1) is 19.1. The van der Waals surface area contributed by atoms with Crippen molar-refractivity contribution in [3.63, 3.8) is 0 Å². The number of hydrogen-bond acceptors (Lipinski definition) is 3. The molecule has 2 aromatic heterocycles. The monoisotopic (exact) mass is 449 g/mol. The number of anilines is 1. The highest BCUT2D eigenvalue weighted by Gasteiger charge is 2.09. The van der Waals surface area contributed by atoms with E-state index in [4.69, 9.17) is 0 Å². The molecule has 0 bridgehead atoms. The van der Waals surface area contributed by atoms with E-state index in [1.807, 2.05) is 40.0 Å². The molecule has 0 unspecified atom stereocenters. The molecule has 1 amide bonds. The highest BCUT2D eigenvalue weighted by molar-refractivity contribution is 9.10. The molecule has 0 aliphatic rings. The Morgan fingerprint density at radius 2 is 1.69 bits per heavy atom. The van der Waals surface area contributed by atoms with E-state index in [-0.39, 0.29) is 5.91 Å². The smallest absolute Gasteiger partial charge is 0.255 e. The molecule has 4 aromatic rings. The SMILES string of the molecule is Cc1ccc(Cn2cc(NC(=O)c3cccc(Cn4cc(Br)cn4)c3)cn2)cc1. The quantitative estimate of drug-likeness (QED) is 0.471. The van der Waals surface area contributed by atoms with Gasteiger partial charge in [0.25, 0.3) is 5.91 Å². The van der Waals surface area contributed by atoms with Gasteiger partial charge < -0.3 is 5.32 Å². The minimum Gasteiger partial charge on any atom is -0.319 e. The number of amides is 1. The molecule has 29 heavy (non-hydrogen) atoms. The summed E-state index contributed by atoms with van der Waals surface area (Å²) in [6.07, 6.45) is 7.14. The first-order valence-electron chi connectivity index (χ1n) is 9.21. The molecule has 0 saturated carbocycles. The highest BCUT2D eigenvalue weighted by Crippen LogP contribution is 2.14. The predicted molar refractivity (Wildman–Crippen MR) is 116 cm³/mol. The Hall–Kier alpha value is -3.19. The van der Waals surface area contributed by atoms with E-state index in [2.05, 4.69) is 62.6 Å². The number of aryl methyl sites for hydroxylation is 1. The molecule has 4 rings (SSSR count). The van der Waals surface area contributed by atoms with Crippen LogP contribution in [-0.2, 0) is 13.1 Å². The van der Waals surface area contributed by atoms with Gasteiger partial charge >= 0.3 is 0 Å². The summed E-state index contributed by atoms with van der Waals surface area (Å²) in [6.45, 7) is 3.32. The second-order valence-corrected chi connectivity index (χ2v) is 7.84. The Balaban J connectivity index is 1.41. The highest BCUT2D eigenvalue weighted by atomic mass is 79.9. The van der Waals surface area contributed by atoms with Crippen LogP contribution >= 0.6 is 15.9 Å². The summed E-state index contributed by atoms with van der Waals surface area (Å²) in [6, 6.07) is 15.9. The average molecular weight is 450 g/mol. The number of nitrogens with zero attached hydrogens (tertiary/aromatic N) is 4. The van der Waals surface area contributed by atoms with Crippen LogP contribution in [0.1, 0.15) is 27.0 Å². The lowest BCUT2D eigenvalue weighted by molar-refractivity contribution is 0.102. The molecule has 2 heterocycles. The first-order chi connectivity index (χ1) is 14.0. The first-order valence-corrected chi connectivity index (χ1v) is 10.0. The Morgan fingerprint density at radius 3 is 2.45 bits per heavy atom. The molecule has 0 aliphatic carbocycles.